The van der Waals surface area contributed by atoms with E-state index in [1.807, 2.05) is 6.07 Å². The first kappa shape index (κ1) is 19.6. The highest BCUT2D eigenvalue weighted by Crippen LogP contribution is 2.23. The lowest BCUT2D eigenvalue weighted by Gasteiger charge is -2.35. The monoisotopic (exact) mass is 418 g/mol. The van der Waals surface area contributed by atoms with Gasteiger partial charge in [-0.2, -0.15) is 15.0 Å². The molecule has 0 spiro atoms. The Balaban J connectivity index is 1.63. The zero-order valence-electron chi connectivity index (χ0n) is 16.0. The third kappa shape index (κ3) is 4.48. The number of nitrogen functional groups attached to an aromatic ring is 1. The average Bonchev–Trinajstić information content (AvgIpc) is 2.79. The van der Waals surface area contributed by atoms with Crippen LogP contribution in [0.2, 0.25) is 0 Å². The molecule has 0 atom stereocenters. The summed E-state index contributed by atoms with van der Waals surface area (Å²) in [5, 5.41) is 0. The lowest BCUT2D eigenvalue weighted by Crippen LogP contribution is -2.49. The SMILES string of the molecule is Nc1ccc(-c2nc(N3CCOCC3)nc(N3CCN(C(=O)CCl)CC3)n2)cn1. The number of carbonyl (C=O) groups is 1. The number of rotatable bonds is 4. The quantitative estimate of drug-likeness (QED) is 0.697. The Morgan fingerprint density at radius 3 is 2.24 bits per heavy atom. The van der Waals surface area contributed by atoms with E-state index in [-0.39, 0.29) is 11.8 Å². The summed E-state index contributed by atoms with van der Waals surface area (Å²) in [6.45, 7) is 5.16. The molecule has 154 valence electrons. The van der Waals surface area contributed by atoms with Gasteiger partial charge in [0, 0.05) is 51.0 Å². The largest absolute Gasteiger partial charge is 0.384 e. The summed E-state index contributed by atoms with van der Waals surface area (Å²) < 4.78 is 5.45. The van der Waals surface area contributed by atoms with Crippen LogP contribution in [0.4, 0.5) is 17.7 Å². The highest BCUT2D eigenvalue weighted by Gasteiger charge is 2.24. The van der Waals surface area contributed by atoms with Crippen LogP contribution in [0.3, 0.4) is 0 Å². The van der Waals surface area contributed by atoms with Gasteiger partial charge in [-0.25, -0.2) is 4.98 Å². The summed E-state index contributed by atoms with van der Waals surface area (Å²) in [6.07, 6.45) is 1.66. The third-order valence-corrected chi connectivity index (χ3v) is 5.21. The van der Waals surface area contributed by atoms with Crippen LogP contribution in [0.1, 0.15) is 0 Å². The minimum atomic E-state index is -0.0513. The zero-order valence-corrected chi connectivity index (χ0v) is 16.8. The Morgan fingerprint density at radius 2 is 1.66 bits per heavy atom. The van der Waals surface area contributed by atoms with Gasteiger partial charge in [0.15, 0.2) is 5.82 Å². The van der Waals surface area contributed by atoms with Gasteiger partial charge >= 0.3 is 0 Å². The van der Waals surface area contributed by atoms with E-state index in [0.29, 0.717) is 62.9 Å². The molecular weight excluding hydrogens is 396 g/mol. The molecule has 2 N–H and O–H groups in total. The Morgan fingerprint density at radius 1 is 1.00 bits per heavy atom. The first-order chi connectivity index (χ1) is 14.1. The van der Waals surface area contributed by atoms with Gasteiger partial charge in [-0.15, -0.1) is 11.6 Å². The average molecular weight is 419 g/mol. The maximum absolute atomic E-state index is 11.8. The van der Waals surface area contributed by atoms with Crippen LogP contribution in [0, 0.1) is 0 Å². The van der Waals surface area contributed by atoms with Crippen LogP contribution in [-0.2, 0) is 9.53 Å². The maximum atomic E-state index is 11.8. The van der Waals surface area contributed by atoms with Crippen molar-refractivity contribution >= 4 is 35.2 Å². The van der Waals surface area contributed by atoms with E-state index in [0.717, 1.165) is 18.7 Å². The van der Waals surface area contributed by atoms with Gasteiger partial charge in [-0.1, -0.05) is 0 Å². The van der Waals surface area contributed by atoms with Gasteiger partial charge in [0.2, 0.25) is 17.8 Å². The second-order valence-corrected chi connectivity index (χ2v) is 7.10. The van der Waals surface area contributed by atoms with Crippen molar-refractivity contribution in [1.29, 1.82) is 0 Å². The summed E-state index contributed by atoms with van der Waals surface area (Å²) in [5.41, 5.74) is 6.48. The van der Waals surface area contributed by atoms with E-state index in [1.165, 1.54) is 0 Å². The Bertz CT molecular complexity index is 851. The zero-order chi connectivity index (χ0) is 20.2. The minimum Gasteiger partial charge on any atom is -0.384 e. The number of nitrogens with two attached hydrogens (primary N) is 1. The molecule has 4 rings (SSSR count). The molecule has 2 aromatic rings. The van der Waals surface area contributed by atoms with Gasteiger partial charge in [-0.3, -0.25) is 4.79 Å². The molecule has 1 amide bonds. The molecule has 10 nitrogen and oxygen atoms in total. The Labute approximate surface area is 173 Å². The molecule has 0 unspecified atom stereocenters. The fourth-order valence-electron chi connectivity index (χ4n) is 3.31. The number of alkyl halides is 1. The van der Waals surface area contributed by atoms with Crippen molar-refractivity contribution in [3.63, 3.8) is 0 Å². The molecule has 29 heavy (non-hydrogen) atoms. The second-order valence-electron chi connectivity index (χ2n) is 6.83. The molecule has 0 bridgehead atoms. The number of hydrogen-bond acceptors (Lipinski definition) is 9. The van der Waals surface area contributed by atoms with Crippen molar-refractivity contribution in [3.8, 4) is 11.4 Å². The number of carbonyl (C=O) groups excluding carboxylic acids is 1. The number of morpholine rings is 1. The fourth-order valence-corrected chi connectivity index (χ4v) is 3.48. The Hall–Kier alpha value is -2.72. The highest BCUT2D eigenvalue weighted by atomic mass is 35.5. The number of halogens is 1. The van der Waals surface area contributed by atoms with Gasteiger partial charge in [0.25, 0.3) is 0 Å². The summed E-state index contributed by atoms with van der Waals surface area (Å²) in [6, 6.07) is 3.57. The van der Waals surface area contributed by atoms with Crippen molar-refractivity contribution in [2.45, 2.75) is 0 Å². The predicted molar refractivity (Wildman–Crippen MR) is 110 cm³/mol. The van der Waals surface area contributed by atoms with Crippen molar-refractivity contribution in [3.05, 3.63) is 18.3 Å². The molecule has 0 saturated carbocycles. The number of anilines is 3. The van der Waals surface area contributed by atoms with Crippen molar-refractivity contribution < 1.29 is 9.53 Å². The number of amides is 1. The van der Waals surface area contributed by atoms with Crippen molar-refractivity contribution in [2.75, 3.05) is 73.9 Å². The normalized spacial score (nSPS) is 17.5. The molecule has 0 radical (unpaired) electrons. The molecule has 0 aliphatic carbocycles. The minimum absolute atomic E-state index is 0.00121. The lowest BCUT2D eigenvalue weighted by atomic mass is 10.2. The van der Waals surface area contributed by atoms with Gasteiger partial charge in [-0.05, 0) is 12.1 Å². The molecule has 2 aliphatic heterocycles. The van der Waals surface area contributed by atoms with Crippen LogP contribution < -0.4 is 15.5 Å². The van der Waals surface area contributed by atoms with Gasteiger partial charge in [0.05, 0.1) is 13.2 Å². The molecule has 2 fully saturated rings. The van der Waals surface area contributed by atoms with Crippen molar-refractivity contribution in [2.24, 2.45) is 0 Å². The predicted octanol–water partition coefficient (Wildman–Crippen LogP) is 0.240. The topological polar surface area (TPSA) is 114 Å². The van der Waals surface area contributed by atoms with E-state index in [4.69, 9.17) is 27.1 Å². The lowest BCUT2D eigenvalue weighted by molar-refractivity contribution is -0.128. The van der Waals surface area contributed by atoms with Crippen LogP contribution in [-0.4, -0.2) is 89.1 Å². The molecule has 11 heteroatoms. The number of hydrogen-bond donors (Lipinski definition) is 1. The van der Waals surface area contributed by atoms with Crippen LogP contribution in [0.25, 0.3) is 11.4 Å². The van der Waals surface area contributed by atoms with Crippen LogP contribution in [0.15, 0.2) is 18.3 Å². The first-order valence-corrected chi connectivity index (χ1v) is 10.1. The highest BCUT2D eigenvalue weighted by molar-refractivity contribution is 6.27. The smallest absolute Gasteiger partial charge is 0.237 e. The molecule has 2 saturated heterocycles. The molecular formula is C18H23ClN8O2. The van der Waals surface area contributed by atoms with E-state index >= 15 is 0 Å². The van der Waals surface area contributed by atoms with Crippen LogP contribution in [0.5, 0.6) is 0 Å². The fraction of sp³-hybridized carbons (Fsp3) is 0.500. The number of nitrogens with zero attached hydrogens (tertiary/aromatic N) is 7. The van der Waals surface area contributed by atoms with Gasteiger partial charge < -0.3 is 25.2 Å². The standard InChI is InChI=1S/C18H23ClN8O2/c19-11-15(28)25-3-5-26(6-4-25)17-22-16(13-1-2-14(20)21-12-13)23-18(24-17)27-7-9-29-10-8-27/h1-2,12H,3-11H2,(H2,20,21). The molecule has 4 heterocycles. The van der Waals surface area contributed by atoms with E-state index in [2.05, 4.69) is 24.8 Å². The Kier molecular flexibility index (Phi) is 5.91. The second kappa shape index (κ2) is 8.75. The summed E-state index contributed by atoms with van der Waals surface area (Å²) in [5.74, 6) is 2.14. The first-order valence-electron chi connectivity index (χ1n) is 9.53. The number of pyridine rings is 1. The van der Waals surface area contributed by atoms with E-state index in [9.17, 15) is 4.79 Å². The third-order valence-electron chi connectivity index (χ3n) is 4.98. The van der Waals surface area contributed by atoms with E-state index < -0.39 is 0 Å². The number of aromatic nitrogens is 4. The molecule has 2 aliphatic rings. The number of piperazine rings is 1. The summed E-state index contributed by atoms with van der Waals surface area (Å²) >= 11 is 5.68. The van der Waals surface area contributed by atoms with E-state index in [1.54, 1.807) is 17.2 Å². The van der Waals surface area contributed by atoms with Crippen LogP contribution >= 0.6 is 11.6 Å². The van der Waals surface area contributed by atoms with Crippen molar-refractivity contribution in [1.82, 2.24) is 24.8 Å². The maximum Gasteiger partial charge on any atom is 0.237 e. The molecule has 2 aromatic heterocycles. The summed E-state index contributed by atoms with van der Waals surface area (Å²) in [7, 11) is 0. The summed E-state index contributed by atoms with van der Waals surface area (Å²) in [4.78, 5) is 36.0. The van der Waals surface area contributed by atoms with Gasteiger partial charge in [0.1, 0.15) is 11.7 Å². The molecule has 0 aromatic carbocycles. The number of ether oxygens (including phenoxy) is 1.